The summed E-state index contributed by atoms with van der Waals surface area (Å²) >= 11 is 6.10. The molecule has 0 aliphatic rings. The molecular weight excluding hydrogens is 516 g/mol. The number of aromatic carboxylic acids is 1. The van der Waals surface area contributed by atoms with Crippen molar-refractivity contribution in [3.63, 3.8) is 0 Å². The van der Waals surface area contributed by atoms with Crippen LogP contribution in [0.5, 0.6) is 0 Å². The number of pyridine rings is 1. The first-order valence-electron chi connectivity index (χ1n) is 12.2. The average Bonchev–Trinajstić information content (AvgIpc) is 2.93. The molecular formula is C31H25ClN2O5. The minimum Gasteiger partial charge on any atom is -0.478 e. The van der Waals surface area contributed by atoms with Crippen LogP contribution in [0.1, 0.15) is 45.2 Å². The number of benzene rings is 3. The van der Waals surface area contributed by atoms with Gasteiger partial charge < -0.3 is 15.5 Å². The number of aryl methyl sites for hydroxylation is 1. The Morgan fingerprint density at radius 1 is 0.897 bits per heavy atom. The molecule has 1 unspecified atom stereocenters. The Labute approximate surface area is 230 Å². The fourth-order valence-corrected chi connectivity index (χ4v) is 4.36. The Balaban J connectivity index is 1.58. The van der Waals surface area contributed by atoms with Gasteiger partial charge in [-0.15, -0.1) is 0 Å². The van der Waals surface area contributed by atoms with Crippen LogP contribution >= 0.6 is 11.6 Å². The molecule has 0 fully saturated rings. The van der Waals surface area contributed by atoms with E-state index in [0.29, 0.717) is 23.4 Å². The van der Waals surface area contributed by atoms with Gasteiger partial charge in [0, 0.05) is 22.6 Å². The first-order chi connectivity index (χ1) is 18.8. The average molecular weight is 541 g/mol. The van der Waals surface area contributed by atoms with Crippen LogP contribution in [0.2, 0.25) is 5.02 Å². The number of carboxylic acid groups (broad SMARTS) is 2. The first kappa shape index (κ1) is 27.3. The van der Waals surface area contributed by atoms with Crippen LogP contribution in [-0.2, 0) is 16.0 Å². The van der Waals surface area contributed by atoms with Crippen molar-refractivity contribution in [1.29, 1.82) is 0 Å². The van der Waals surface area contributed by atoms with Crippen LogP contribution in [0.25, 0.3) is 23.1 Å². The maximum atomic E-state index is 12.5. The van der Waals surface area contributed by atoms with Gasteiger partial charge in [0.2, 0.25) is 5.91 Å². The highest BCUT2D eigenvalue weighted by Crippen LogP contribution is 2.24. The van der Waals surface area contributed by atoms with Gasteiger partial charge in [0.05, 0.1) is 22.8 Å². The van der Waals surface area contributed by atoms with Crippen LogP contribution in [-0.4, -0.2) is 33.0 Å². The highest BCUT2D eigenvalue weighted by Gasteiger charge is 2.17. The van der Waals surface area contributed by atoms with Gasteiger partial charge in [-0.05, 0) is 65.9 Å². The lowest BCUT2D eigenvalue weighted by molar-refractivity contribution is -0.131. The van der Waals surface area contributed by atoms with Crippen LogP contribution in [0, 0.1) is 0 Å². The van der Waals surface area contributed by atoms with Crippen LogP contribution in [0.15, 0.2) is 91.0 Å². The second kappa shape index (κ2) is 12.7. The number of hydrogen-bond acceptors (Lipinski definition) is 4. The predicted molar refractivity (Wildman–Crippen MR) is 152 cm³/mol. The molecule has 0 radical (unpaired) electrons. The van der Waals surface area contributed by atoms with Crippen molar-refractivity contribution in [2.45, 2.75) is 18.9 Å². The summed E-state index contributed by atoms with van der Waals surface area (Å²) in [6, 6.07) is 23.2. The number of rotatable bonds is 10. The second-order valence-electron chi connectivity index (χ2n) is 8.81. The van der Waals surface area contributed by atoms with Gasteiger partial charge in [0.15, 0.2) is 0 Å². The monoisotopic (exact) mass is 540 g/mol. The molecule has 0 spiro atoms. The maximum absolute atomic E-state index is 12.5. The zero-order valence-electron chi connectivity index (χ0n) is 20.8. The molecule has 0 saturated carbocycles. The summed E-state index contributed by atoms with van der Waals surface area (Å²) in [4.78, 5) is 39.6. The molecule has 0 saturated heterocycles. The Morgan fingerprint density at radius 3 is 2.49 bits per heavy atom. The molecule has 0 aliphatic carbocycles. The van der Waals surface area contributed by atoms with Gasteiger partial charge >= 0.3 is 11.9 Å². The Kier molecular flexibility index (Phi) is 8.86. The summed E-state index contributed by atoms with van der Waals surface area (Å²) in [5, 5.41) is 22.8. The van der Waals surface area contributed by atoms with E-state index in [9.17, 15) is 19.5 Å². The minimum absolute atomic E-state index is 0.203. The Bertz CT molecular complexity index is 1600. The molecule has 7 nitrogen and oxygen atoms in total. The maximum Gasteiger partial charge on any atom is 0.335 e. The lowest BCUT2D eigenvalue weighted by Crippen LogP contribution is -2.27. The number of halogens is 1. The molecule has 0 bridgehead atoms. The Morgan fingerprint density at radius 2 is 1.69 bits per heavy atom. The number of nitrogens with one attached hydrogen (secondary N) is 1. The van der Waals surface area contributed by atoms with E-state index in [1.54, 1.807) is 24.3 Å². The third-order valence-electron chi connectivity index (χ3n) is 6.08. The smallest absolute Gasteiger partial charge is 0.335 e. The fourth-order valence-electron chi connectivity index (χ4n) is 4.20. The van der Waals surface area contributed by atoms with E-state index in [-0.39, 0.29) is 5.56 Å². The van der Waals surface area contributed by atoms with Crippen LogP contribution in [0.4, 0.5) is 0 Å². The van der Waals surface area contributed by atoms with Crippen molar-refractivity contribution in [3.8, 4) is 0 Å². The van der Waals surface area contributed by atoms with Crippen molar-refractivity contribution in [2.24, 2.45) is 0 Å². The number of amides is 1. The van der Waals surface area contributed by atoms with Gasteiger partial charge in [0.1, 0.15) is 0 Å². The van der Waals surface area contributed by atoms with E-state index >= 15 is 0 Å². The molecule has 1 atom stereocenters. The summed E-state index contributed by atoms with van der Waals surface area (Å²) in [6.45, 7) is 0. The number of carbonyl (C=O) groups is 3. The number of fused-ring (bicyclic) bond motifs is 1. The molecule has 8 heteroatoms. The van der Waals surface area contributed by atoms with Gasteiger partial charge in [-0.2, -0.15) is 0 Å². The molecule has 196 valence electrons. The van der Waals surface area contributed by atoms with Crippen molar-refractivity contribution >= 4 is 52.5 Å². The van der Waals surface area contributed by atoms with Crippen LogP contribution < -0.4 is 5.32 Å². The molecule has 1 heterocycles. The third-order valence-corrected chi connectivity index (χ3v) is 6.31. The van der Waals surface area contributed by atoms with Gasteiger partial charge in [-0.1, -0.05) is 66.2 Å². The first-order valence-corrected chi connectivity index (χ1v) is 12.5. The number of nitrogens with zero attached hydrogens (tertiary/aromatic N) is 1. The zero-order chi connectivity index (χ0) is 27.8. The van der Waals surface area contributed by atoms with Crippen molar-refractivity contribution in [2.75, 3.05) is 0 Å². The zero-order valence-corrected chi connectivity index (χ0v) is 21.5. The van der Waals surface area contributed by atoms with Crippen molar-refractivity contribution < 1.29 is 24.6 Å². The topological polar surface area (TPSA) is 117 Å². The standard InChI is InChI=1S/C31H25ClN2O5/c32-24-12-9-22-10-14-25(33-28(22)19-24)13-8-20-4-3-6-23(18-20)27(34-29(35)16-17-30(36)37)15-11-21-5-1-2-7-26(21)31(38)39/h1-10,12-14,16-19,27H,11,15H2,(H,34,35)(H,36,37)(H,38,39)/b13-8+,17-16?. The largest absolute Gasteiger partial charge is 0.478 e. The number of aromatic nitrogens is 1. The highest BCUT2D eigenvalue weighted by atomic mass is 35.5. The molecule has 1 amide bonds. The van der Waals surface area contributed by atoms with Gasteiger partial charge in [-0.3, -0.25) is 4.79 Å². The van der Waals surface area contributed by atoms with Crippen LogP contribution in [0.3, 0.4) is 0 Å². The van der Waals surface area contributed by atoms with E-state index in [2.05, 4.69) is 10.3 Å². The van der Waals surface area contributed by atoms with E-state index in [0.717, 1.165) is 39.9 Å². The van der Waals surface area contributed by atoms with E-state index in [1.165, 1.54) is 0 Å². The molecule has 3 aromatic carbocycles. The number of hydrogen-bond donors (Lipinski definition) is 3. The van der Waals surface area contributed by atoms with Crippen molar-refractivity contribution in [3.05, 3.63) is 124 Å². The predicted octanol–water partition coefficient (Wildman–Crippen LogP) is 6.19. The van der Waals surface area contributed by atoms with Gasteiger partial charge in [0.25, 0.3) is 0 Å². The molecule has 1 aromatic heterocycles. The second-order valence-corrected chi connectivity index (χ2v) is 9.25. The summed E-state index contributed by atoms with van der Waals surface area (Å²) in [6.07, 6.45) is 6.31. The lowest BCUT2D eigenvalue weighted by Gasteiger charge is -2.19. The molecule has 0 aliphatic heterocycles. The minimum atomic E-state index is -1.23. The van der Waals surface area contributed by atoms with E-state index < -0.39 is 23.9 Å². The Hall–Kier alpha value is -4.75. The van der Waals surface area contributed by atoms with Crippen molar-refractivity contribution in [1.82, 2.24) is 10.3 Å². The fraction of sp³-hybridized carbons (Fsp3) is 0.0968. The molecule has 39 heavy (non-hydrogen) atoms. The quantitative estimate of drug-likeness (QED) is 0.207. The molecule has 4 aromatic rings. The van der Waals surface area contributed by atoms with E-state index in [1.807, 2.05) is 66.7 Å². The molecule has 3 N–H and O–H groups in total. The normalized spacial score (nSPS) is 12.1. The SMILES string of the molecule is O=C(O)C=CC(=O)NC(CCc1ccccc1C(=O)O)c1cccc(/C=C/c2ccc3ccc(Cl)cc3n2)c1. The summed E-state index contributed by atoms with van der Waals surface area (Å²) < 4.78 is 0. The number of aliphatic carboxylic acids is 1. The van der Waals surface area contributed by atoms with E-state index in [4.69, 9.17) is 16.7 Å². The summed E-state index contributed by atoms with van der Waals surface area (Å²) in [7, 11) is 0. The lowest BCUT2D eigenvalue weighted by atomic mass is 9.95. The number of carboxylic acids is 2. The summed E-state index contributed by atoms with van der Waals surface area (Å²) in [5.41, 5.74) is 4.05. The van der Waals surface area contributed by atoms with Gasteiger partial charge in [-0.25, -0.2) is 14.6 Å². The highest BCUT2D eigenvalue weighted by molar-refractivity contribution is 6.31. The molecule has 4 rings (SSSR count). The summed E-state index contributed by atoms with van der Waals surface area (Å²) in [5.74, 6) is -2.81. The third kappa shape index (κ3) is 7.63. The number of carbonyl (C=O) groups excluding carboxylic acids is 1.